The van der Waals surface area contributed by atoms with Gasteiger partial charge in [0.05, 0.1) is 11.1 Å². The molecule has 0 saturated heterocycles. The normalized spacial score (nSPS) is 13.5. The van der Waals surface area contributed by atoms with Gasteiger partial charge in [0.2, 0.25) is 5.95 Å². The number of carbonyl (C=O) groups is 2. The van der Waals surface area contributed by atoms with Gasteiger partial charge in [-0.25, -0.2) is 10.0 Å². The standard InChI is InChI=1S/C15H13N7O2/c1-3-17-14-18-13(16)19-15(20-14)21(4-2)22-11(23)9-7-5-6-8-10(9)12(22)24/h3-8H,2H2,1H3,(H2,16,18,19,20). The Morgan fingerprint density at radius 3 is 2.33 bits per heavy atom. The number of nitrogens with zero attached hydrogens (tertiary/aromatic N) is 6. The van der Waals surface area contributed by atoms with Crippen LogP contribution in [-0.2, 0) is 0 Å². The molecule has 1 aliphatic rings. The molecule has 3 rings (SSSR count). The number of rotatable bonds is 4. The lowest BCUT2D eigenvalue weighted by molar-refractivity contribution is 0.0649. The molecule has 2 N–H and O–H groups in total. The molecule has 1 aromatic carbocycles. The average Bonchev–Trinajstić information content (AvgIpc) is 2.81. The minimum absolute atomic E-state index is 0.0346. The number of hydrazine groups is 1. The Bertz CT molecular complexity index is 843. The van der Waals surface area contributed by atoms with Crippen LogP contribution < -0.4 is 10.7 Å². The molecule has 0 aliphatic carbocycles. The van der Waals surface area contributed by atoms with E-state index in [1.807, 2.05) is 0 Å². The molecule has 1 aromatic heterocycles. The molecule has 0 spiro atoms. The van der Waals surface area contributed by atoms with Crippen molar-refractivity contribution in [3.05, 3.63) is 48.2 Å². The molecular formula is C15H13N7O2. The number of amides is 2. The Balaban J connectivity index is 2.07. The second-order valence-electron chi connectivity index (χ2n) is 4.68. The number of aromatic nitrogens is 3. The fourth-order valence-corrected chi connectivity index (χ4v) is 2.27. The van der Waals surface area contributed by atoms with Crippen LogP contribution in [0.3, 0.4) is 0 Å². The fraction of sp³-hybridized carbons (Fsp3) is 0.0667. The molecule has 24 heavy (non-hydrogen) atoms. The van der Waals surface area contributed by atoms with E-state index in [9.17, 15) is 9.59 Å². The van der Waals surface area contributed by atoms with E-state index in [0.717, 1.165) is 10.0 Å². The van der Waals surface area contributed by atoms with Gasteiger partial charge in [0.25, 0.3) is 23.7 Å². The monoisotopic (exact) mass is 323 g/mol. The van der Waals surface area contributed by atoms with E-state index >= 15 is 0 Å². The van der Waals surface area contributed by atoms with Crippen LogP contribution in [0.1, 0.15) is 27.6 Å². The van der Waals surface area contributed by atoms with Crippen molar-refractivity contribution in [3.63, 3.8) is 0 Å². The van der Waals surface area contributed by atoms with E-state index in [-0.39, 0.29) is 17.8 Å². The van der Waals surface area contributed by atoms with Crippen molar-refractivity contribution in [1.82, 2.24) is 20.0 Å². The second-order valence-corrected chi connectivity index (χ2v) is 4.68. The Hall–Kier alpha value is -3.62. The fourth-order valence-electron chi connectivity index (χ4n) is 2.27. The number of hydrogen-bond acceptors (Lipinski definition) is 8. The van der Waals surface area contributed by atoms with E-state index in [4.69, 9.17) is 5.73 Å². The molecule has 0 saturated carbocycles. The summed E-state index contributed by atoms with van der Waals surface area (Å²) < 4.78 is 0. The van der Waals surface area contributed by atoms with E-state index < -0.39 is 11.8 Å². The number of imide groups is 1. The largest absolute Gasteiger partial charge is 0.368 e. The van der Waals surface area contributed by atoms with Gasteiger partial charge >= 0.3 is 0 Å². The van der Waals surface area contributed by atoms with Crippen molar-refractivity contribution in [2.24, 2.45) is 4.99 Å². The number of anilines is 2. The summed E-state index contributed by atoms with van der Waals surface area (Å²) in [4.78, 5) is 40.9. The average molecular weight is 323 g/mol. The maximum absolute atomic E-state index is 12.6. The van der Waals surface area contributed by atoms with Crippen molar-refractivity contribution in [2.45, 2.75) is 6.92 Å². The maximum atomic E-state index is 12.6. The summed E-state index contributed by atoms with van der Waals surface area (Å²) in [7, 11) is 0. The molecule has 0 atom stereocenters. The van der Waals surface area contributed by atoms with Crippen LogP contribution in [0, 0.1) is 0 Å². The summed E-state index contributed by atoms with van der Waals surface area (Å²) in [5, 5.41) is 2.02. The Morgan fingerprint density at radius 2 is 1.79 bits per heavy atom. The second kappa shape index (κ2) is 5.88. The van der Waals surface area contributed by atoms with Gasteiger partial charge in [-0.3, -0.25) is 9.59 Å². The van der Waals surface area contributed by atoms with Crippen LogP contribution in [0.4, 0.5) is 17.8 Å². The van der Waals surface area contributed by atoms with Crippen LogP contribution >= 0.6 is 0 Å². The topological polar surface area (TPSA) is 118 Å². The highest BCUT2D eigenvalue weighted by atomic mass is 16.2. The van der Waals surface area contributed by atoms with Gasteiger partial charge in [-0.2, -0.15) is 20.0 Å². The van der Waals surface area contributed by atoms with Gasteiger partial charge in [0.15, 0.2) is 0 Å². The number of aliphatic imine (C=N–C) groups is 1. The van der Waals surface area contributed by atoms with Gasteiger partial charge in [-0.1, -0.05) is 18.7 Å². The van der Waals surface area contributed by atoms with Gasteiger partial charge in [0.1, 0.15) is 0 Å². The number of carbonyl (C=O) groups excluding carboxylic acids is 2. The summed E-state index contributed by atoms with van der Waals surface area (Å²) in [6, 6.07) is 6.51. The van der Waals surface area contributed by atoms with Crippen LogP contribution in [0.15, 0.2) is 42.0 Å². The predicted octanol–water partition coefficient (Wildman–Crippen LogP) is 1.34. The van der Waals surface area contributed by atoms with Crippen LogP contribution in [-0.4, -0.2) is 38.0 Å². The number of nitrogens with two attached hydrogens (primary N) is 1. The van der Waals surface area contributed by atoms with Gasteiger partial charge in [-0.05, 0) is 19.1 Å². The highest BCUT2D eigenvalue weighted by Gasteiger charge is 2.39. The molecule has 2 amide bonds. The zero-order valence-corrected chi connectivity index (χ0v) is 12.7. The number of fused-ring (bicyclic) bond motifs is 1. The molecule has 2 aromatic rings. The Labute approximate surface area is 137 Å². The first-order valence-electron chi connectivity index (χ1n) is 6.96. The van der Waals surface area contributed by atoms with Gasteiger partial charge < -0.3 is 5.73 Å². The first-order valence-corrected chi connectivity index (χ1v) is 6.96. The molecule has 120 valence electrons. The van der Waals surface area contributed by atoms with Gasteiger partial charge in [0, 0.05) is 12.4 Å². The minimum Gasteiger partial charge on any atom is -0.368 e. The zero-order chi connectivity index (χ0) is 17.3. The molecule has 0 radical (unpaired) electrons. The SMILES string of the molecule is C=CN(c1nc(N)nc(N=CC)n1)N1C(=O)c2ccccc2C1=O. The van der Waals surface area contributed by atoms with Gasteiger partial charge in [-0.15, -0.1) is 0 Å². The molecule has 2 heterocycles. The number of nitrogen functional groups attached to an aromatic ring is 1. The van der Waals surface area contributed by atoms with Crippen molar-refractivity contribution >= 4 is 35.9 Å². The summed E-state index contributed by atoms with van der Waals surface area (Å²) in [6.45, 7) is 5.31. The van der Waals surface area contributed by atoms with Crippen LogP contribution in [0.5, 0.6) is 0 Å². The molecule has 0 bridgehead atoms. The summed E-state index contributed by atoms with van der Waals surface area (Å²) in [5.74, 6) is -1.08. The van der Waals surface area contributed by atoms with Crippen molar-refractivity contribution in [1.29, 1.82) is 0 Å². The first-order chi connectivity index (χ1) is 11.6. The maximum Gasteiger partial charge on any atom is 0.281 e. The minimum atomic E-state index is -0.505. The van der Waals surface area contributed by atoms with E-state index in [0.29, 0.717) is 11.1 Å². The Kier molecular flexibility index (Phi) is 3.74. The lowest BCUT2D eigenvalue weighted by Gasteiger charge is -2.26. The van der Waals surface area contributed by atoms with E-state index in [1.54, 1.807) is 31.2 Å². The lowest BCUT2D eigenvalue weighted by Crippen LogP contribution is -2.44. The summed E-state index contributed by atoms with van der Waals surface area (Å²) in [5.41, 5.74) is 6.24. The molecule has 9 heteroatoms. The molecule has 0 unspecified atom stereocenters. The van der Waals surface area contributed by atoms with Crippen molar-refractivity contribution in [2.75, 3.05) is 10.7 Å². The van der Waals surface area contributed by atoms with Crippen molar-refractivity contribution < 1.29 is 9.59 Å². The number of benzene rings is 1. The van der Waals surface area contributed by atoms with Crippen LogP contribution in [0.25, 0.3) is 0 Å². The Morgan fingerprint density at radius 1 is 1.17 bits per heavy atom. The highest BCUT2D eigenvalue weighted by molar-refractivity contribution is 6.22. The third-order valence-electron chi connectivity index (χ3n) is 3.24. The lowest BCUT2D eigenvalue weighted by atomic mass is 10.1. The molecule has 0 fully saturated rings. The van der Waals surface area contributed by atoms with E-state index in [2.05, 4.69) is 26.5 Å². The summed E-state index contributed by atoms with van der Waals surface area (Å²) in [6.07, 6.45) is 2.73. The summed E-state index contributed by atoms with van der Waals surface area (Å²) >= 11 is 0. The third-order valence-corrected chi connectivity index (χ3v) is 3.24. The van der Waals surface area contributed by atoms with E-state index in [1.165, 1.54) is 12.4 Å². The van der Waals surface area contributed by atoms with Crippen molar-refractivity contribution in [3.8, 4) is 0 Å². The highest BCUT2D eigenvalue weighted by Crippen LogP contribution is 2.27. The molecular weight excluding hydrogens is 310 g/mol. The number of hydrogen-bond donors (Lipinski definition) is 1. The smallest absolute Gasteiger partial charge is 0.281 e. The molecule has 9 nitrogen and oxygen atoms in total. The third kappa shape index (κ3) is 2.37. The zero-order valence-electron chi connectivity index (χ0n) is 12.7. The molecule has 1 aliphatic heterocycles. The predicted molar refractivity (Wildman–Crippen MR) is 87.7 cm³/mol. The van der Waals surface area contributed by atoms with Crippen LogP contribution in [0.2, 0.25) is 0 Å². The first kappa shape index (κ1) is 15.3. The quantitative estimate of drug-likeness (QED) is 0.666.